The Morgan fingerprint density at radius 3 is 2.76 bits per heavy atom. The van der Waals surface area contributed by atoms with Crippen molar-refractivity contribution in [2.45, 2.75) is 39.3 Å². The number of pyridine rings is 1. The number of aryl methyl sites for hydroxylation is 2. The summed E-state index contributed by atoms with van der Waals surface area (Å²) in [4.78, 5) is 7.01. The molecule has 2 aromatic rings. The SMILES string of the molecule is Cc1cc(O[C@@H]2CC(C)N(C)C2)c2ccc(C)c(Br)c2n1. The molecule has 1 unspecified atom stereocenters. The molecule has 3 rings (SSSR count). The Hall–Kier alpha value is -1.13. The second kappa shape index (κ2) is 5.58. The molecule has 3 nitrogen and oxygen atoms in total. The first-order valence-corrected chi connectivity index (χ1v) is 8.18. The van der Waals surface area contributed by atoms with Gasteiger partial charge in [0.05, 0.1) is 5.52 Å². The third-order valence-corrected chi connectivity index (χ3v) is 5.35. The van der Waals surface area contributed by atoms with Gasteiger partial charge in [-0.15, -0.1) is 0 Å². The standard InChI is InChI=1S/C17H21BrN2O/c1-10-5-6-14-15(7-11(2)19-17(14)16(10)18)21-13-8-12(3)20(4)9-13/h5-7,12-13H,8-9H2,1-4H3/t12?,13-/m1/s1. The van der Waals surface area contributed by atoms with Gasteiger partial charge in [-0.25, -0.2) is 0 Å². The van der Waals surface area contributed by atoms with Crippen molar-refractivity contribution in [3.63, 3.8) is 0 Å². The highest BCUT2D eigenvalue weighted by Gasteiger charge is 2.28. The number of nitrogens with zero attached hydrogens (tertiary/aromatic N) is 2. The summed E-state index contributed by atoms with van der Waals surface area (Å²) < 4.78 is 7.36. The average Bonchev–Trinajstić information content (AvgIpc) is 2.73. The van der Waals surface area contributed by atoms with Crippen molar-refractivity contribution < 1.29 is 4.74 Å². The van der Waals surface area contributed by atoms with Crippen LogP contribution < -0.4 is 4.74 Å². The maximum Gasteiger partial charge on any atom is 0.131 e. The number of rotatable bonds is 2. The number of likely N-dealkylation sites (tertiary alicyclic amines) is 1. The van der Waals surface area contributed by atoms with E-state index < -0.39 is 0 Å². The van der Waals surface area contributed by atoms with E-state index >= 15 is 0 Å². The zero-order valence-corrected chi connectivity index (χ0v) is 14.6. The van der Waals surface area contributed by atoms with Gasteiger partial charge in [0, 0.05) is 40.6 Å². The molecule has 1 fully saturated rings. The molecule has 4 heteroatoms. The van der Waals surface area contributed by atoms with Gasteiger partial charge in [-0.05, 0) is 55.4 Å². The van der Waals surface area contributed by atoms with Gasteiger partial charge in [0.2, 0.25) is 0 Å². The molecule has 1 aliphatic heterocycles. The van der Waals surface area contributed by atoms with Crippen molar-refractivity contribution in [3.8, 4) is 5.75 Å². The zero-order valence-electron chi connectivity index (χ0n) is 13.0. The highest BCUT2D eigenvalue weighted by molar-refractivity contribution is 9.10. The first-order chi connectivity index (χ1) is 9.95. The van der Waals surface area contributed by atoms with E-state index in [1.165, 1.54) is 5.56 Å². The lowest BCUT2D eigenvalue weighted by Crippen LogP contribution is -2.23. The fourth-order valence-corrected chi connectivity index (χ4v) is 3.38. The van der Waals surface area contributed by atoms with Crippen LogP contribution >= 0.6 is 15.9 Å². The van der Waals surface area contributed by atoms with Crippen molar-refractivity contribution in [2.75, 3.05) is 13.6 Å². The molecule has 0 radical (unpaired) electrons. The molecule has 0 saturated carbocycles. The van der Waals surface area contributed by atoms with E-state index in [1.807, 2.05) is 13.0 Å². The Morgan fingerprint density at radius 1 is 1.33 bits per heavy atom. The summed E-state index contributed by atoms with van der Waals surface area (Å²) in [6.07, 6.45) is 1.34. The molecule has 1 aromatic carbocycles. The number of halogens is 1. The molecule has 0 aliphatic carbocycles. The number of ether oxygens (including phenoxy) is 1. The van der Waals surface area contributed by atoms with Crippen molar-refractivity contribution in [3.05, 3.63) is 33.9 Å². The highest BCUT2D eigenvalue weighted by atomic mass is 79.9. The normalized spacial score (nSPS) is 22.9. The number of hydrogen-bond acceptors (Lipinski definition) is 3. The monoisotopic (exact) mass is 348 g/mol. The number of likely N-dealkylation sites (N-methyl/N-ethyl adjacent to an activating group) is 1. The van der Waals surface area contributed by atoms with E-state index in [0.717, 1.165) is 39.8 Å². The first kappa shape index (κ1) is 14.8. The van der Waals surface area contributed by atoms with Crippen molar-refractivity contribution in [2.24, 2.45) is 0 Å². The molecular weight excluding hydrogens is 328 g/mol. The average molecular weight is 349 g/mol. The molecule has 1 aliphatic rings. The molecule has 2 heterocycles. The van der Waals surface area contributed by atoms with Gasteiger partial charge in [-0.2, -0.15) is 0 Å². The van der Waals surface area contributed by atoms with Crippen LogP contribution in [0.1, 0.15) is 24.6 Å². The lowest BCUT2D eigenvalue weighted by molar-refractivity contribution is 0.210. The molecule has 21 heavy (non-hydrogen) atoms. The number of aromatic nitrogens is 1. The molecule has 1 aromatic heterocycles. The Bertz CT molecular complexity index is 676. The van der Waals surface area contributed by atoms with Crippen molar-refractivity contribution in [1.29, 1.82) is 0 Å². The largest absolute Gasteiger partial charge is 0.488 e. The van der Waals surface area contributed by atoms with E-state index in [2.05, 4.69) is 58.8 Å². The highest BCUT2D eigenvalue weighted by Crippen LogP contribution is 2.34. The quantitative estimate of drug-likeness (QED) is 0.817. The summed E-state index contributed by atoms with van der Waals surface area (Å²) in [5.74, 6) is 0.950. The van der Waals surface area contributed by atoms with Crippen LogP contribution in [-0.4, -0.2) is 35.6 Å². The lowest BCUT2D eigenvalue weighted by Gasteiger charge is -2.17. The van der Waals surface area contributed by atoms with Gasteiger partial charge >= 0.3 is 0 Å². The molecule has 1 saturated heterocycles. The van der Waals surface area contributed by atoms with Gasteiger partial charge in [-0.1, -0.05) is 6.07 Å². The molecule has 0 spiro atoms. The van der Waals surface area contributed by atoms with Crippen LogP contribution in [-0.2, 0) is 0 Å². The van der Waals surface area contributed by atoms with Gasteiger partial charge in [0.15, 0.2) is 0 Å². The minimum Gasteiger partial charge on any atom is -0.488 e. The number of hydrogen-bond donors (Lipinski definition) is 0. The fourth-order valence-electron chi connectivity index (χ4n) is 2.95. The molecule has 0 bridgehead atoms. The smallest absolute Gasteiger partial charge is 0.131 e. The van der Waals surface area contributed by atoms with Crippen LogP contribution in [0.5, 0.6) is 5.75 Å². The molecule has 0 amide bonds. The predicted molar refractivity (Wildman–Crippen MR) is 90.0 cm³/mol. The van der Waals surface area contributed by atoms with Crippen LogP contribution in [0.4, 0.5) is 0 Å². The summed E-state index contributed by atoms with van der Waals surface area (Å²) in [7, 11) is 2.16. The van der Waals surface area contributed by atoms with Gasteiger partial charge < -0.3 is 4.74 Å². The van der Waals surface area contributed by atoms with Crippen molar-refractivity contribution in [1.82, 2.24) is 9.88 Å². The number of benzene rings is 1. The molecular formula is C17H21BrN2O. The van der Waals surface area contributed by atoms with E-state index in [9.17, 15) is 0 Å². The predicted octanol–water partition coefficient (Wildman–Crippen LogP) is 4.09. The maximum absolute atomic E-state index is 6.30. The third-order valence-electron chi connectivity index (χ3n) is 4.34. The second-order valence-electron chi connectivity index (χ2n) is 6.12. The third kappa shape index (κ3) is 2.79. The van der Waals surface area contributed by atoms with E-state index in [4.69, 9.17) is 4.74 Å². The van der Waals surface area contributed by atoms with Gasteiger partial charge in [0.1, 0.15) is 11.9 Å². The Labute approximate surface area is 134 Å². The van der Waals surface area contributed by atoms with E-state index in [-0.39, 0.29) is 6.10 Å². The Morgan fingerprint density at radius 2 is 2.10 bits per heavy atom. The first-order valence-electron chi connectivity index (χ1n) is 7.39. The number of fused-ring (bicyclic) bond motifs is 1. The Kier molecular flexibility index (Phi) is 3.93. The van der Waals surface area contributed by atoms with Crippen LogP contribution in [0, 0.1) is 13.8 Å². The Balaban J connectivity index is 2.01. The van der Waals surface area contributed by atoms with E-state index in [0.29, 0.717) is 6.04 Å². The van der Waals surface area contributed by atoms with Crippen LogP contribution in [0.15, 0.2) is 22.7 Å². The summed E-state index contributed by atoms with van der Waals surface area (Å²) in [6.45, 7) is 7.34. The maximum atomic E-state index is 6.30. The van der Waals surface area contributed by atoms with Gasteiger partial charge in [-0.3, -0.25) is 9.88 Å². The summed E-state index contributed by atoms with van der Waals surface area (Å²) >= 11 is 3.65. The minimum absolute atomic E-state index is 0.259. The summed E-state index contributed by atoms with van der Waals surface area (Å²) in [6, 6.07) is 6.85. The van der Waals surface area contributed by atoms with Crippen LogP contribution in [0.25, 0.3) is 10.9 Å². The second-order valence-corrected chi connectivity index (χ2v) is 6.91. The fraction of sp³-hybridized carbons (Fsp3) is 0.471. The molecule has 2 atom stereocenters. The molecule has 0 N–H and O–H groups in total. The van der Waals surface area contributed by atoms with Gasteiger partial charge in [0.25, 0.3) is 0 Å². The van der Waals surface area contributed by atoms with Crippen molar-refractivity contribution >= 4 is 26.8 Å². The minimum atomic E-state index is 0.259. The zero-order chi connectivity index (χ0) is 15.1. The topological polar surface area (TPSA) is 25.4 Å². The summed E-state index contributed by atoms with van der Waals surface area (Å²) in [5, 5.41) is 1.08. The molecule has 112 valence electrons. The van der Waals surface area contributed by atoms with E-state index in [1.54, 1.807) is 0 Å². The lowest BCUT2D eigenvalue weighted by atomic mass is 10.1. The van der Waals surface area contributed by atoms with Crippen LogP contribution in [0.3, 0.4) is 0 Å². The summed E-state index contributed by atoms with van der Waals surface area (Å²) in [5.41, 5.74) is 3.17. The van der Waals surface area contributed by atoms with Crippen LogP contribution in [0.2, 0.25) is 0 Å².